The van der Waals surface area contributed by atoms with Crippen molar-refractivity contribution in [3.05, 3.63) is 60.2 Å². The Balaban J connectivity index is 2.06. The lowest BCUT2D eigenvalue weighted by Gasteiger charge is -2.10. The summed E-state index contributed by atoms with van der Waals surface area (Å²) in [6.07, 6.45) is 3.36. The quantitative estimate of drug-likeness (QED) is 0.713. The highest BCUT2D eigenvalue weighted by molar-refractivity contribution is 5.96. The molecule has 3 nitrogen and oxygen atoms in total. The number of benzene rings is 2. The largest absolute Gasteiger partial charge is 0.457 e. The van der Waals surface area contributed by atoms with Crippen LogP contribution in [-0.2, 0) is 0 Å². The number of ether oxygens (including phenoxy) is 1. The van der Waals surface area contributed by atoms with E-state index >= 15 is 0 Å². The summed E-state index contributed by atoms with van der Waals surface area (Å²) in [4.78, 5) is 4.05. The highest BCUT2D eigenvalue weighted by atomic mass is 19.1. The van der Waals surface area contributed by atoms with E-state index in [9.17, 15) is 4.39 Å². The molecule has 0 unspecified atom stereocenters. The van der Waals surface area contributed by atoms with Crippen molar-refractivity contribution in [2.75, 3.05) is 5.73 Å². The third kappa shape index (κ3) is 2.16. The molecule has 0 amide bonds. The fourth-order valence-corrected chi connectivity index (χ4v) is 2.04. The van der Waals surface area contributed by atoms with Gasteiger partial charge < -0.3 is 10.5 Å². The summed E-state index contributed by atoms with van der Waals surface area (Å²) in [5, 5.41) is 1.67. The molecule has 0 radical (unpaired) electrons. The SMILES string of the molecule is Cc1ccc(Oc2ccc(N)c3cnccc23)cc1F. The number of halogens is 1. The molecule has 100 valence electrons. The average Bonchev–Trinajstić information content (AvgIpc) is 2.46. The van der Waals surface area contributed by atoms with E-state index in [1.165, 1.54) is 6.07 Å². The van der Waals surface area contributed by atoms with Gasteiger partial charge >= 0.3 is 0 Å². The molecule has 1 aromatic heterocycles. The van der Waals surface area contributed by atoms with E-state index in [-0.39, 0.29) is 5.82 Å². The predicted octanol–water partition coefficient (Wildman–Crippen LogP) is 4.06. The van der Waals surface area contributed by atoms with Gasteiger partial charge in [-0.25, -0.2) is 4.39 Å². The molecule has 20 heavy (non-hydrogen) atoms. The Bertz CT molecular complexity index is 787. The maximum Gasteiger partial charge on any atom is 0.135 e. The van der Waals surface area contributed by atoms with Crippen molar-refractivity contribution in [2.45, 2.75) is 6.92 Å². The van der Waals surface area contributed by atoms with Gasteiger partial charge in [-0.2, -0.15) is 0 Å². The second-order valence-corrected chi connectivity index (χ2v) is 4.59. The smallest absolute Gasteiger partial charge is 0.135 e. The number of aryl methyl sites for hydroxylation is 1. The number of nitrogens with two attached hydrogens (primary N) is 1. The lowest BCUT2D eigenvalue weighted by Crippen LogP contribution is -1.92. The molecule has 2 N–H and O–H groups in total. The van der Waals surface area contributed by atoms with Gasteiger partial charge in [0.15, 0.2) is 0 Å². The summed E-state index contributed by atoms with van der Waals surface area (Å²) < 4.78 is 19.3. The lowest BCUT2D eigenvalue weighted by atomic mass is 10.1. The van der Waals surface area contributed by atoms with Crippen LogP contribution < -0.4 is 10.5 Å². The first-order valence-corrected chi connectivity index (χ1v) is 6.21. The van der Waals surface area contributed by atoms with Crippen LogP contribution in [0.2, 0.25) is 0 Å². The van der Waals surface area contributed by atoms with Gasteiger partial charge in [0.1, 0.15) is 17.3 Å². The van der Waals surface area contributed by atoms with Crippen LogP contribution >= 0.6 is 0 Å². The minimum Gasteiger partial charge on any atom is -0.457 e. The van der Waals surface area contributed by atoms with Gasteiger partial charge in [0.05, 0.1) is 0 Å². The molecule has 0 saturated carbocycles. The number of pyridine rings is 1. The van der Waals surface area contributed by atoms with E-state index in [1.54, 1.807) is 43.6 Å². The number of anilines is 1. The van der Waals surface area contributed by atoms with E-state index in [0.717, 1.165) is 10.8 Å². The van der Waals surface area contributed by atoms with Gasteiger partial charge in [-0.1, -0.05) is 6.07 Å². The van der Waals surface area contributed by atoms with Crippen LogP contribution in [0.4, 0.5) is 10.1 Å². The number of aromatic nitrogens is 1. The summed E-state index contributed by atoms with van der Waals surface area (Å²) in [5.41, 5.74) is 7.13. The number of nitrogen functional groups attached to an aromatic ring is 1. The molecular formula is C16H13FN2O. The van der Waals surface area contributed by atoms with Gasteiger partial charge in [0.25, 0.3) is 0 Å². The maximum absolute atomic E-state index is 13.5. The first-order valence-electron chi connectivity index (χ1n) is 6.21. The fourth-order valence-electron chi connectivity index (χ4n) is 2.04. The van der Waals surface area contributed by atoms with Crippen LogP contribution in [0.3, 0.4) is 0 Å². The second kappa shape index (κ2) is 4.81. The van der Waals surface area contributed by atoms with Crippen molar-refractivity contribution in [1.82, 2.24) is 4.98 Å². The van der Waals surface area contributed by atoms with Gasteiger partial charge in [-0.05, 0) is 36.8 Å². The minimum absolute atomic E-state index is 0.288. The maximum atomic E-state index is 13.5. The van der Waals surface area contributed by atoms with Crippen LogP contribution in [0.5, 0.6) is 11.5 Å². The molecule has 0 spiro atoms. The molecule has 0 aliphatic rings. The Kier molecular flexibility index (Phi) is 2.99. The van der Waals surface area contributed by atoms with Crippen molar-refractivity contribution in [3.63, 3.8) is 0 Å². The Morgan fingerprint density at radius 1 is 1.10 bits per heavy atom. The molecule has 2 aromatic carbocycles. The molecule has 0 atom stereocenters. The summed E-state index contributed by atoms with van der Waals surface area (Å²) >= 11 is 0. The summed E-state index contributed by atoms with van der Waals surface area (Å²) in [6, 6.07) is 10.1. The molecule has 0 saturated heterocycles. The first-order chi connectivity index (χ1) is 9.65. The molecule has 1 heterocycles. The zero-order valence-corrected chi connectivity index (χ0v) is 10.9. The van der Waals surface area contributed by atoms with Crippen LogP contribution in [-0.4, -0.2) is 4.98 Å². The Morgan fingerprint density at radius 3 is 2.75 bits per heavy atom. The zero-order valence-electron chi connectivity index (χ0n) is 10.9. The normalized spacial score (nSPS) is 10.7. The Labute approximate surface area is 115 Å². The Morgan fingerprint density at radius 2 is 1.95 bits per heavy atom. The number of fused-ring (bicyclic) bond motifs is 1. The zero-order chi connectivity index (χ0) is 14.1. The van der Waals surface area contributed by atoms with Crippen LogP contribution in [0.1, 0.15) is 5.56 Å². The highest BCUT2D eigenvalue weighted by Gasteiger charge is 2.07. The van der Waals surface area contributed by atoms with Gasteiger partial charge in [0, 0.05) is 34.9 Å². The van der Waals surface area contributed by atoms with E-state index in [2.05, 4.69) is 4.98 Å². The molecular weight excluding hydrogens is 255 g/mol. The molecule has 3 rings (SSSR count). The molecule has 0 aliphatic heterocycles. The van der Waals surface area contributed by atoms with E-state index in [0.29, 0.717) is 22.7 Å². The number of nitrogens with zero attached hydrogens (tertiary/aromatic N) is 1. The topological polar surface area (TPSA) is 48.1 Å². The molecule has 0 fully saturated rings. The van der Waals surface area contributed by atoms with Crippen molar-refractivity contribution < 1.29 is 9.13 Å². The predicted molar refractivity (Wildman–Crippen MR) is 77.4 cm³/mol. The van der Waals surface area contributed by atoms with Gasteiger partial charge in [-0.3, -0.25) is 4.98 Å². The average molecular weight is 268 g/mol. The monoisotopic (exact) mass is 268 g/mol. The third-order valence-electron chi connectivity index (χ3n) is 3.18. The van der Waals surface area contributed by atoms with Crippen molar-refractivity contribution >= 4 is 16.5 Å². The Hall–Kier alpha value is -2.62. The first kappa shape index (κ1) is 12.4. The summed E-state index contributed by atoms with van der Waals surface area (Å²) in [6.45, 7) is 1.71. The van der Waals surface area contributed by atoms with Crippen molar-refractivity contribution in [3.8, 4) is 11.5 Å². The summed E-state index contributed by atoms with van der Waals surface area (Å²) in [7, 11) is 0. The number of hydrogen-bond donors (Lipinski definition) is 1. The van der Waals surface area contributed by atoms with Gasteiger partial charge in [-0.15, -0.1) is 0 Å². The highest BCUT2D eigenvalue weighted by Crippen LogP contribution is 2.32. The molecule has 3 aromatic rings. The lowest BCUT2D eigenvalue weighted by molar-refractivity contribution is 0.481. The third-order valence-corrected chi connectivity index (χ3v) is 3.18. The van der Waals surface area contributed by atoms with E-state index < -0.39 is 0 Å². The van der Waals surface area contributed by atoms with Gasteiger partial charge in [0.2, 0.25) is 0 Å². The number of rotatable bonds is 2. The van der Waals surface area contributed by atoms with E-state index in [4.69, 9.17) is 10.5 Å². The molecule has 0 aliphatic carbocycles. The van der Waals surface area contributed by atoms with Crippen LogP contribution in [0.15, 0.2) is 48.8 Å². The minimum atomic E-state index is -0.288. The second-order valence-electron chi connectivity index (χ2n) is 4.59. The molecule has 0 bridgehead atoms. The summed E-state index contributed by atoms with van der Waals surface area (Å²) in [5.74, 6) is 0.791. The van der Waals surface area contributed by atoms with Crippen LogP contribution in [0, 0.1) is 12.7 Å². The molecule has 4 heteroatoms. The van der Waals surface area contributed by atoms with Crippen LogP contribution in [0.25, 0.3) is 10.8 Å². The fraction of sp³-hybridized carbons (Fsp3) is 0.0625. The standard InChI is InChI=1S/C16H13FN2O/c1-10-2-3-11(8-14(10)17)20-16-5-4-15(18)13-9-19-7-6-12(13)16/h2-9H,18H2,1H3. The van der Waals surface area contributed by atoms with E-state index in [1.807, 2.05) is 6.07 Å². The van der Waals surface area contributed by atoms with Crippen molar-refractivity contribution in [1.29, 1.82) is 0 Å². The number of hydrogen-bond acceptors (Lipinski definition) is 3. The van der Waals surface area contributed by atoms with Crippen molar-refractivity contribution in [2.24, 2.45) is 0 Å².